The van der Waals surface area contributed by atoms with Crippen LogP contribution in [-0.2, 0) is 16.1 Å². The molecular weight excluding hydrogens is 334 g/mol. The lowest BCUT2D eigenvalue weighted by Gasteiger charge is -2.35. The van der Waals surface area contributed by atoms with Crippen LogP contribution in [0.1, 0.15) is 38.5 Å². The number of nitrogens with zero attached hydrogens (tertiary/aromatic N) is 3. The van der Waals surface area contributed by atoms with Gasteiger partial charge in [0, 0.05) is 32.0 Å². The van der Waals surface area contributed by atoms with Crippen molar-refractivity contribution < 1.29 is 14.7 Å². The SMILES string of the molecule is O=C(O)CCC1CCCCN1C(=O)CCn1cnc2ccccc2c1=O. The summed E-state index contributed by atoms with van der Waals surface area (Å²) in [5, 5.41) is 9.43. The molecule has 1 aliphatic rings. The number of para-hydroxylation sites is 1. The van der Waals surface area contributed by atoms with Gasteiger partial charge in [-0.1, -0.05) is 12.1 Å². The first kappa shape index (κ1) is 18.1. The molecule has 0 spiro atoms. The summed E-state index contributed by atoms with van der Waals surface area (Å²) < 4.78 is 1.47. The summed E-state index contributed by atoms with van der Waals surface area (Å²) in [4.78, 5) is 42.0. The number of aryl methyl sites for hydroxylation is 1. The molecule has 1 unspecified atom stereocenters. The predicted octanol–water partition coefficient (Wildman–Crippen LogP) is 2.03. The van der Waals surface area contributed by atoms with E-state index < -0.39 is 5.97 Å². The summed E-state index contributed by atoms with van der Waals surface area (Å²) in [7, 11) is 0. The van der Waals surface area contributed by atoms with Crippen molar-refractivity contribution in [3.63, 3.8) is 0 Å². The van der Waals surface area contributed by atoms with E-state index in [1.165, 1.54) is 10.9 Å². The molecule has 1 N–H and O–H groups in total. The first-order valence-electron chi connectivity index (χ1n) is 9.01. The summed E-state index contributed by atoms with van der Waals surface area (Å²) in [6.07, 6.45) is 5.05. The Morgan fingerprint density at radius 2 is 2.00 bits per heavy atom. The monoisotopic (exact) mass is 357 g/mol. The van der Waals surface area contributed by atoms with Crippen LogP contribution in [-0.4, -0.2) is 44.0 Å². The van der Waals surface area contributed by atoms with Gasteiger partial charge < -0.3 is 10.0 Å². The maximum absolute atomic E-state index is 12.6. The van der Waals surface area contributed by atoms with Gasteiger partial charge in [-0.05, 0) is 37.8 Å². The summed E-state index contributed by atoms with van der Waals surface area (Å²) >= 11 is 0. The van der Waals surface area contributed by atoms with Crippen molar-refractivity contribution in [3.05, 3.63) is 40.9 Å². The van der Waals surface area contributed by atoms with Gasteiger partial charge in [-0.25, -0.2) is 4.98 Å². The molecule has 1 saturated heterocycles. The van der Waals surface area contributed by atoms with Crippen molar-refractivity contribution in [1.29, 1.82) is 0 Å². The number of carboxylic acid groups (broad SMARTS) is 1. The van der Waals surface area contributed by atoms with Crippen molar-refractivity contribution in [2.75, 3.05) is 6.54 Å². The number of piperidine rings is 1. The molecule has 7 nitrogen and oxygen atoms in total. The Hall–Kier alpha value is -2.70. The number of rotatable bonds is 6. The van der Waals surface area contributed by atoms with Crippen LogP contribution in [0, 0.1) is 0 Å². The Morgan fingerprint density at radius 1 is 1.19 bits per heavy atom. The zero-order chi connectivity index (χ0) is 18.5. The number of likely N-dealkylation sites (tertiary alicyclic amines) is 1. The molecule has 3 rings (SSSR count). The Morgan fingerprint density at radius 3 is 2.81 bits per heavy atom. The Kier molecular flexibility index (Phi) is 5.65. The number of fused-ring (bicyclic) bond motifs is 1. The van der Waals surface area contributed by atoms with E-state index in [2.05, 4.69) is 4.98 Å². The lowest BCUT2D eigenvalue weighted by Crippen LogP contribution is -2.44. The topological polar surface area (TPSA) is 92.5 Å². The number of hydrogen-bond acceptors (Lipinski definition) is 4. The molecule has 1 atom stereocenters. The van der Waals surface area contributed by atoms with Gasteiger partial charge in [0.05, 0.1) is 17.2 Å². The van der Waals surface area contributed by atoms with E-state index in [0.29, 0.717) is 23.9 Å². The van der Waals surface area contributed by atoms with Gasteiger partial charge in [-0.3, -0.25) is 19.0 Å². The van der Waals surface area contributed by atoms with E-state index in [-0.39, 0.29) is 36.9 Å². The van der Waals surface area contributed by atoms with Crippen LogP contribution in [0.5, 0.6) is 0 Å². The fourth-order valence-corrected chi connectivity index (χ4v) is 3.54. The van der Waals surface area contributed by atoms with Crippen molar-refractivity contribution >= 4 is 22.8 Å². The largest absolute Gasteiger partial charge is 0.481 e. The molecule has 2 aromatic rings. The Labute approximate surface area is 151 Å². The van der Waals surface area contributed by atoms with Crippen molar-refractivity contribution in [1.82, 2.24) is 14.5 Å². The van der Waals surface area contributed by atoms with Crippen molar-refractivity contribution in [2.45, 2.75) is 51.1 Å². The minimum Gasteiger partial charge on any atom is -0.481 e. The van der Waals surface area contributed by atoms with Gasteiger partial charge in [0.15, 0.2) is 0 Å². The highest BCUT2D eigenvalue weighted by molar-refractivity contribution is 5.78. The molecule has 138 valence electrons. The van der Waals surface area contributed by atoms with Gasteiger partial charge in [-0.15, -0.1) is 0 Å². The second kappa shape index (κ2) is 8.12. The zero-order valence-electron chi connectivity index (χ0n) is 14.6. The average molecular weight is 357 g/mol. The fourth-order valence-electron chi connectivity index (χ4n) is 3.54. The average Bonchev–Trinajstić information content (AvgIpc) is 2.66. The molecule has 26 heavy (non-hydrogen) atoms. The quantitative estimate of drug-likeness (QED) is 0.854. The highest BCUT2D eigenvalue weighted by Gasteiger charge is 2.26. The van der Waals surface area contributed by atoms with E-state index >= 15 is 0 Å². The first-order valence-corrected chi connectivity index (χ1v) is 9.01. The molecule has 1 amide bonds. The molecule has 0 aliphatic carbocycles. The molecule has 1 aromatic carbocycles. The van der Waals surface area contributed by atoms with Crippen LogP contribution < -0.4 is 5.56 Å². The van der Waals surface area contributed by atoms with Crippen molar-refractivity contribution in [2.24, 2.45) is 0 Å². The summed E-state index contributed by atoms with van der Waals surface area (Å²) in [5.41, 5.74) is 0.495. The Balaban J connectivity index is 1.66. The van der Waals surface area contributed by atoms with Gasteiger partial charge in [0.2, 0.25) is 5.91 Å². The van der Waals surface area contributed by atoms with Crippen LogP contribution in [0.15, 0.2) is 35.4 Å². The lowest BCUT2D eigenvalue weighted by atomic mass is 9.97. The second-order valence-corrected chi connectivity index (χ2v) is 6.68. The number of carbonyl (C=O) groups excluding carboxylic acids is 1. The van der Waals surface area contributed by atoms with Gasteiger partial charge in [0.25, 0.3) is 5.56 Å². The highest BCUT2D eigenvalue weighted by atomic mass is 16.4. The van der Waals surface area contributed by atoms with E-state index in [0.717, 1.165) is 19.3 Å². The van der Waals surface area contributed by atoms with E-state index in [1.807, 2.05) is 6.07 Å². The first-order chi connectivity index (χ1) is 12.6. The second-order valence-electron chi connectivity index (χ2n) is 6.68. The molecular formula is C19H23N3O4. The molecule has 1 aromatic heterocycles. The number of benzene rings is 1. The minimum atomic E-state index is -0.836. The van der Waals surface area contributed by atoms with Crippen LogP contribution in [0.25, 0.3) is 10.9 Å². The summed E-state index contributed by atoms with van der Waals surface area (Å²) in [6.45, 7) is 0.936. The Bertz CT molecular complexity index is 861. The van der Waals surface area contributed by atoms with E-state index in [4.69, 9.17) is 5.11 Å². The number of hydrogen-bond donors (Lipinski definition) is 1. The van der Waals surface area contributed by atoms with E-state index in [1.54, 1.807) is 23.1 Å². The van der Waals surface area contributed by atoms with Gasteiger partial charge in [-0.2, -0.15) is 0 Å². The summed E-state index contributed by atoms with van der Waals surface area (Å²) in [5.74, 6) is -0.864. The van der Waals surface area contributed by atoms with Gasteiger partial charge in [0.1, 0.15) is 0 Å². The molecule has 0 saturated carbocycles. The third-order valence-electron chi connectivity index (χ3n) is 4.94. The number of carboxylic acids is 1. The number of amides is 1. The number of aliphatic carboxylic acids is 1. The molecule has 0 radical (unpaired) electrons. The van der Waals surface area contributed by atoms with Crippen LogP contribution in [0.2, 0.25) is 0 Å². The van der Waals surface area contributed by atoms with Crippen LogP contribution in [0.3, 0.4) is 0 Å². The third-order valence-corrected chi connectivity index (χ3v) is 4.94. The summed E-state index contributed by atoms with van der Waals surface area (Å²) in [6, 6.07) is 7.12. The van der Waals surface area contributed by atoms with Gasteiger partial charge >= 0.3 is 5.97 Å². The van der Waals surface area contributed by atoms with Crippen LogP contribution >= 0.6 is 0 Å². The number of aromatic nitrogens is 2. The standard InChI is InChI=1S/C19H23N3O4/c23-17(22-11-4-3-5-14(22)8-9-18(24)25)10-12-21-13-20-16-7-2-1-6-15(16)19(21)26/h1-2,6-7,13-14H,3-5,8-12H2,(H,24,25). The van der Waals surface area contributed by atoms with E-state index in [9.17, 15) is 14.4 Å². The zero-order valence-corrected chi connectivity index (χ0v) is 14.6. The maximum Gasteiger partial charge on any atom is 0.303 e. The normalized spacial score (nSPS) is 17.4. The van der Waals surface area contributed by atoms with Crippen molar-refractivity contribution in [3.8, 4) is 0 Å². The fraction of sp³-hybridized carbons (Fsp3) is 0.474. The lowest BCUT2D eigenvalue weighted by molar-refractivity contribution is -0.140. The third kappa shape index (κ3) is 4.09. The minimum absolute atomic E-state index is 0.0150. The number of carbonyl (C=O) groups is 2. The smallest absolute Gasteiger partial charge is 0.303 e. The maximum atomic E-state index is 12.6. The van der Waals surface area contributed by atoms with Crippen LogP contribution in [0.4, 0.5) is 0 Å². The molecule has 0 bridgehead atoms. The molecule has 7 heteroatoms. The predicted molar refractivity (Wildman–Crippen MR) is 96.8 cm³/mol. The molecule has 1 aliphatic heterocycles. The highest BCUT2D eigenvalue weighted by Crippen LogP contribution is 2.22. The molecule has 2 heterocycles. The molecule has 1 fully saturated rings.